The number of aryl methyl sites for hydroxylation is 2. The molecular formula is C18H30O. The summed E-state index contributed by atoms with van der Waals surface area (Å²) in [6.45, 7) is 13.0. The Morgan fingerprint density at radius 1 is 0.895 bits per heavy atom. The summed E-state index contributed by atoms with van der Waals surface area (Å²) < 4.78 is 0. The zero-order valence-electron chi connectivity index (χ0n) is 13.5. The van der Waals surface area contributed by atoms with E-state index in [9.17, 15) is 5.11 Å². The van der Waals surface area contributed by atoms with Gasteiger partial charge in [-0.1, -0.05) is 32.8 Å². The molecule has 0 aliphatic heterocycles. The van der Waals surface area contributed by atoms with Crippen molar-refractivity contribution in [1.29, 1.82) is 0 Å². The quantitative estimate of drug-likeness (QED) is 0.750. The van der Waals surface area contributed by atoms with E-state index in [1.165, 1.54) is 27.8 Å². The van der Waals surface area contributed by atoms with E-state index in [4.69, 9.17) is 0 Å². The lowest BCUT2D eigenvalue weighted by Crippen LogP contribution is -2.16. The fourth-order valence-electron chi connectivity index (χ4n) is 3.13. The van der Waals surface area contributed by atoms with Gasteiger partial charge in [0, 0.05) is 0 Å². The summed E-state index contributed by atoms with van der Waals surface area (Å²) in [4.78, 5) is 0. The van der Waals surface area contributed by atoms with E-state index in [2.05, 4.69) is 47.6 Å². The van der Waals surface area contributed by atoms with Crippen LogP contribution in [0.25, 0.3) is 0 Å². The molecule has 1 rings (SSSR count). The van der Waals surface area contributed by atoms with Crippen LogP contribution in [0.1, 0.15) is 73.5 Å². The molecule has 0 heterocycles. The molecule has 0 aliphatic carbocycles. The molecule has 1 atom stereocenters. The maximum Gasteiger partial charge on any atom is 0.0823 e. The van der Waals surface area contributed by atoms with Crippen LogP contribution in [0, 0.1) is 33.6 Å². The van der Waals surface area contributed by atoms with Crippen LogP contribution in [0.15, 0.2) is 6.07 Å². The Kier molecular flexibility index (Phi) is 6.06. The lowest BCUT2D eigenvalue weighted by Gasteiger charge is -2.27. The van der Waals surface area contributed by atoms with Crippen molar-refractivity contribution in [2.45, 2.75) is 73.3 Å². The van der Waals surface area contributed by atoms with E-state index >= 15 is 0 Å². The third kappa shape index (κ3) is 3.60. The zero-order valence-corrected chi connectivity index (χ0v) is 13.5. The summed E-state index contributed by atoms with van der Waals surface area (Å²) in [7, 11) is 0. The minimum Gasteiger partial charge on any atom is -0.388 e. The van der Waals surface area contributed by atoms with Crippen LogP contribution in [0.5, 0.6) is 0 Å². The maximum atomic E-state index is 10.9. The van der Waals surface area contributed by atoms with Crippen molar-refractivity contribution in [3.63, 3.8) is 0 Å². The number of hydrogen-bond acceptors (Lipinski definition) is 1. The highest BCUT2D eigenvalue weighted by Gasteiger charge is 2.23. The predicted octanol–water partition coefficient (Wildman–Crippen LogP) is 5.17. The molecule has 0 fully saturated rings. The monoisotopic (exact) mass is 262 g/mol. The summed E-state index contributed by atoms with van der Waals surface area (Å²) in [5.41, 5.74) is 6.32. The summed E-state index contributed by atoms with van der Waals surface area (Å²) in [5, 5.41) is 10.9. The third-order valence-electron chi connectivity index (χ3n) is 4.49. The fourth-order valence-corrected chi connectivity index (χ4v) is 3.13. The Hall–Kier alpha value is -0.820. The van der Waals surface area contributed by atoms with E-state index in [1.54, 1.807) is 0 Å². The van der Waals surface area contributed by atoms with Crippen molar-refractivity contribution in [2.75, 3.05) is 0 Å². The second kappa shape index (κ2) is 7.09. The number of benzene rings is 1. The second-order valence-corrected chi connectivity index (χ2v) is 5.96. The van der Waals surface area contributed by atoms with Crippen LogP contribution in [0.3, 0.4) is 0 Å². The second-order valence-electron chi connectivity index (χ2n) is 5.96. The van der Waals surface area contributed by atoms with Crippen LogP contribution in [0.4, 0.5) is 0 Å². The normalized spacial score (nSPS) is 13.1. The Morgan fingerprint density at radius 2 is 1.32 bits per heavy atom. The van der Waals surface area contributed by atoms with Gasteiger partial charge in [-0.25, -0.2) is 0 Å². The smallest absolute Gasteiger partial charge is 0.0823 e. The van der Waals surface area contributed by atoms with Crippen molar-refractivity contribution < 1.29 is 5.11 Å². The zero-order chi connectivity index (χ0) is 14.6. The van der Waals surface area contributed by atoms with Crippen LogP contribution in [-0.2, 0) is 0 Å². The molecule has 1 nitrogen and oxygen atoms in total. The van der Waals surface area contributed by atoms with Gasteiger partial charge in [-0.05, 0) is 74.3 Å². The Labute approximate surface area is 119 Å². The summed E-state index contributed by atoms with van der Waals surface area (Å²) in [6.07, 6.45) is 4.20. The Balaban J connectivity index is 3.19. The van der Waals surface area contributed by atoms with Crippen LogP contribution < -0.4 is 0 Å². The molecule has 0 saturated heterocycles. The highest BCUT2D eigenvalue weighted by Crippen LogP contribution is 2.35. The van der Waals surface area contributed by atoms with Crippen LogP contribution in [-0.4, -0.2) is 5.11 Å². The molecule has 1 heteroatoms. The largest absolute Gasteiger partial charge is 0.388 e. The first-order valence-electron chi connectivity index (χ1n) is 7.69. The van der Waals surface area contributed by atoms with Crippen LogP contribution in [0.2, 0.25) is 0 Å². The van der Waals surface area contributed by atoms with Gasteiger partial charge in [-0.3, -0.25) is 0 Å². The van der Waals surface area contributed by atoms with Crippen molar-refractivity contribution in [3.05, 3.63) is 33.9 Å². The van der Waals surface area contributed by atoms with E-state index in [0.717, 1.165) is 25.7 Å². The maximum absolute atomic E-state index is 10.9. The summed E-state index contributed by atoms with van der Waals surface area (Å²) in [5.74, 6) is 0.397. The van der Waals surface area contributed by atoms with Gasteiger partial charge in [0.05, 0.1) is 6.10 Å². The molecule has 0 bridgehead atoms. The lowest BCUT2D eigenvalue weighted by atomic mass is 9.82. The van der Waals surface area contributed by atoms with Gasteiger partial charge in [0.1, 0.15) is 0 Å². The highest BCUT2D eigenvalue weighted by molar-refractivity contribution is 5.45. The molecule has 0 aliphatic rings. The highest BCUT2D eigenvalue weighted by atomic mass is 16.3. The van der Waals surface area contributed by atoms with Gasteiger partial charge in [-0.2, -0.15) is 0 Å². The first kappa shape index (κ1) is 16.2. The molecule has 1 N–H and O–H groups in total. The van der Waals surface area contributed by atoms with Crippen LogP contribution >= 0.6 is 0 Å². The molecule has 0 radical (unpaired) electrons. The molecule has 0 aromatic heterocycles. The van der Waals surface area contributed by atoms with E-state index in [-0.39, 0.29) is 6.10 Å². The molecule has 1 unspecified atom stereocenters. The standard InChI is InChI=1S/C18H30O/c1-7-9-16(10-8-2)18(19)17-14(5)12(3)11-13(4)15(17)6/h11,16,18-19H,7-10H2,1-6H3. The fraction of sp³-hybridized carbons (Fsp3) is 0.667. The average molecular weight is 262 g/mol. The number of aliphatic hydroxyl groups excluding tert-OH is 1. The molecule has 1 aromatic rings. The van der Waals surface area contributed by atoms with Gasteiger partial charge in [0.2, 0.25) is 0 Å². The van der Waals surface area contributed by atoms with E-state index in [1.807, 2.05) is 0 Å². The summed E-state index contributed by atoms with van der Waals surface area (Å²) in [6, 6.07) is 2.23. The minimum absolute atomic E-state index is 0.307. The van der Waals surface area contributed by atoms with Gasteiger partial charge in [0.15, 0.2) is 0 Å². The van der Waals surface area contributed by atoms with E-state index in [0.29, 0.717) is 5.92 Å². The molecule has 19 heavy (non-hydrogen) atoms. The number of rotatable bonds is 6. The SMILES string of the molecule is CCCC(CCC)C(O)c1c(C)c(C)cc(C)c1C. The Bertz CT molecular complexity index is 388. The number of aliphatic hydroxyl groups is 1. The van der Waals surface area contributed by atoms with Crippen molar-refractivity contribution >= 4 is 0 Å². The van der Waals surface area contributed by atoms with Crippen molar-refractivity contribution in [2.24, 2.45) is 5.92 Å². The van der Waals surface area contributed by atoms with Gasteiger partial charge < -0.3 is 5.11 Å². The first-order valence-corrected chi connectivity index (χ1v) is 7.69. The number of hydrogen-bond donors (Lipinski definition) is 1. The molecule has 1 aromatic carbocycles. The predicted molar refractivity (Wildman–Crippen MR) is 83.7 cm³/mol. The van der Waals surface area contributed by atoms with Gasteiger partial charge >= 0.3 is 0 Å². The Morgan fingerprint density at radius 3 is 1.68 bits per heavy atom. The first-order chi connectivity index (χ1) is 8.93. The van der Waals surface area contributed by atoms with Gasteiger partial charge in [0.25, 0.3) is 0 Å². The molecule has 108 valence electrons. The molecule has 0 spiro atoms. The van der Waals surface area contributed by atoms with Gasteiger partial charge in [-0.15, -0.1) is 0 Å². The van der Waals surface area contributed by atoms with Crippen molar-refractivity contribution in [1.82, 2.24) is 0 Å². The molecular weight excluding hydrogens is 232 g/mol. The average Bonchev–Trinajstić information content (AvgIpc) is 2.36. The third-order valence-corrected chi connectivity index (χ3v) is 4.49. The summed E-state index contributed by atoms with van der Waals surface area (Å²) >= 11 is 0. The van der Waals surface area contributed by atoms with E-state index < -0.39 is 0 Å². The molecule has 0 amide bonds. The minimum atomic E-state index is -0.307. The molecule has 0 saturated carbocycles. The van der Waals surface area contributed by atoms with Crippen molar-refractivity contribution in [3.8, 4) is 0 Å². The lowest BCUT2D eigenvalue weighted by molar-refractivity contribution is 0.0952. The topological polar surface area (TPSA) is 20.2 Å².